The van der Waals surface area contributed by atoms with E-state index in [9.17, 15) is 17.6 Å². The second-order valence-corrected chi connectivity index (χ2v) is 3.95. The maximum absolute atomic E-state index is 13.7. The van der Waals surface area contributed by atoms with Gasteiger partial charge in [0.05, 0.1) is 5.69 Å². The van der Waals surface area contributed by atoms with E-state index in [1.807, 2.05) is 0 Å². The van der Waals surface area contributed by atoms with Gasteiger partial charge in [0.15, 0.2) is 0 Å². The molecular weight excluding hydrogens is 248 g/mol. The first-order chi connectivity index (χ1) is 8.37. The molecule has 0 aromatic heterocycles. The summed E-state index contributed by atoms with van der Waals surface area (Å²) in [4.78, 5) is 0.960. The Morgan fingerprint density at radius 2 is 1.94 bits per heavy atom. The van der Waals surface area contributed by atoms with Crippen molar-refractivity contribution in [1.82, 2.24) is 0 Å². The smallest absolute Gasteiger partial charge is 0.360 e. The van der Waals surface area contributed by atoms with Crippen molar-refractivity contribution in [3.8, 4) is 0 Å². The summed E-state index contributed by atoms with van der Waals surface area (Å²) in [6, 6.07) is 4.21. The van der Waals surface area contributed by atoms with Crippen LogP contribution in [0.2, 0.25) is 0 Å². The molecule has 2 N–H and O–H groups in total. The zero-order valence-electron chi connectivity index (χ0n) is 10.1. The summed E-state index contributed by atoms with van der Waals surface area (Å²) in [5, 5.41) is 0. The van der Waals surface area contributed by atoms with E-state index < -0.39 is 18.5 Å². The highest BCUT2D eigenvalue weighted by Crippen LogP contribution is 2.25. The molecule has 102 valence electrons. The summed E-state index contributed by atoms with van der Waals surface area (Å²) in [7, 11) is 0. The van der Waals surface area contributed by atoms with E-state index in [0.29, 0.717) is 18.5 Å². The second-order valence-electron chi connectivity index (χ2n) is 3.95. The van der Waals surface area contributed by atoms with Crippen LogP contribution in [0.15, 0.2) is 18.2 Å². The lowest BCUT2D eigenvalue weighted by atomic mass is 10.1. The molecule has 0 heterocycles. The molecule has 2 nitrogen and oxygen atoms in total. The summed E-state index contributed by atoms with van der Waals surface area (Å²) < 4.78 is 50.7. The Morgan fingerprint density at radius 1 is 1.28 bits per heavy atom. The van der Waals surface area contributed by atoms with Crippen LogP contribution in [0.25, 0.3) is 0 Å². The Balaban J connectivity index is 2.93. The molecule has 0 bridgehead atoms. The van der Waals surface area contributed by atoms with Gasteiger partial charge < -0.3 is 10.6 Å². The van der Waals surface area contributed by atoms with E-state index in [4.69, 9.17) is 5.73 Å². The largest absolute Gasteiger partial charge is 0.405 e. The highest BCUT2D eigenvalue weighted by molar-refractivity contribution is 5.49. The van der Waals surface area contributed by atoms with Gasteiger partial charge in [-0.1, -0.05) is 6.07 Å². The third-order valence-electron chi connectivity index (χ3n) is 2.54. The van der Waals surface area contributed by atoms with Gasteiger partial charge in [-0.15, -0.1) is 0 Å². The lowest BCUT2D eigenvalue weighted by molar-refractivity contribution is -0.119. The fourth-order valence-corrected chi connectivity index (χ4v) is 1.71. The van der Waals surface area contributed by atoms with Crippen molar-refractivity contribution < 1.29 is 17.6 Å². The monoisotopic (exact) mass is 264 g/mol. The number of halogens is 4. The Labute approximate surface area is 103 Å². The molecule has 0 amide bonds. The first-order valence-corrected chi connectivity index (χ1v) is 5.67. The van der Waals surface area contributed by atoms with E-state index in [1.165, 1.54) is 12.1 Å². The van der Waals surface area contributed by atoms with Crippen LogP contribution >= 0.6 is 0 Å². The van der Waals surface area contributed by atoms with E-state index >= 15 is 0 Å². The molecule has 1 rings (SSSR count). The first kappa shape index (κ1) is 14.8. The lowest BCUT2D eigenvalue weighted by Gasteiger charge is -2.25. The van der Waals surface area contributed by atoms with Crippen LogP contribution in [0.3, 0.4) is 0 Å². The van der Waals surface area contributed by atoms with Crippen molar-refractivity contribution in [2.24, 2.45) is 5.73 Å². The third-order valence-corrected chi connectivity index (χ3v) is 2.54. The summed E-state index contributed by atoms with van der Waals surface area (Å²) in [5.74, 6) is -0.646. The SMILES string of the molecule is CCN(CC(F)(F)F)c1ccc(CCN)cc1F. The fourth-order valence-electron chi connectivity index (χ4n) is 1.71. The summed E-state index contributed by atoms with van der Waals surface area (Å²) in [6.45, 7) is 0.862. The van der Waals surface area contributed by atoms with E-state index in [2.05, 4.69) is 0 Å². The van der Waals surface area contributed by atoms with Crippen LogP contribution < -0.4 is 10.6 Å². The van der Waals surface area contributed by atoms with E-state index in [0.717, 1.165) is 4.90 Å². The molecule has 0 aliphatic rings. The molecule has 0 aliphatic heterocycles. The van der Waals surface area contributed by atoms with Gasteiger partial charge >= 0.3 is 6.18 Å². The van der Waals surface area contributed by atoms with Gasteiger partial charge in [0.25, 0.3) is 0 Å². The summed E-state index contributed by atoms with van der Waals surface area (Å²) in [5.41, 5.74) is 5.99. The van der Waals surface area contributed by atoms with Gasteiger partial charge in [0, 0.05) is 6.54 Å². The Hall–Kier alpha value is -1.30. The molecule has 0 radical (unpaired) electrons. The van der Waals surface area contributed by atoms with Crippen LogP contribution in [0.1, 0.15) is 12.5 Å². The highest BCUT2D eigenvalue weighted by Gasteiger charge is 2.31. The average molecular weight is 264 g/mol. The van der Waals surface area contributed by atoms with Gasteiger partial charge in [0.1, 0.15) is 12.4 Å². The number of hydrogen-bond acceptors (Lipinski definition) is 2. The zero-order valence-corrected chi connectivity index (χ0v) is 10.1. The fraction of sp³-hybridized carbons (Fsp3) is 0.500. The average Bonchev–Trinajstić information content (AvgIpc) is 2.26. The Morgan fingerprint density at radius 3 is 2.39 bits per heavy atom. The molecule has 6 heteroatoms. The van der Waals surface area contributed by atoms with Gasteiger partial charge in [-0.05, 0) is 37.6 Å². The molecule has 0 aliphatic carbocycles. The number of benzene rings is 1. The molecule has 0 unspecified atom stereocenters. The molecule has 18 heavy (non-hydrogen) atoms. The maximum Gasteiger partial charge on any atom is 0.405 e. The number of hydrogen-bond donors (Lipinski definition) is 1. The summed E-state index contributed by atoms with van der Waals surface area (Å²) in [6.07, 6.45) is -3.85. The quantitative estimate of drug-likeness (QED) is 0.828. The normalized spacial score (nSPS) is 11.7. The molecule has 0 atom stereocenters. The highest BCUT2D eigenvalue weighted by atomic mass is 19.4. The van der Waals surface area contributed by atoms with Crippen LogP contribution in [-0.4, -0.2) is 25.8 Å². The summed E-state index contributed by atoms with van der Waals surface area (Å²) >= 11 is 0. The van der Waals surface area contributed by atoms with Crippen molar-refractivity contribution in [3.05, 3.63) is 29.6 Å². The first-order valence-electron chi connectivity index (χ1n) is 5.67. The number of nitrogens with two attached hydrogens (primary N) is 1. The predicted octanol–water partition coefficient (Wildman–Crippen LogP) is 2.72. The molecule has 0 saturated carbocycles. The molecule has 1 aromatic carbocycles. The van der Waals surface area contributed by atoms with Crippen LogP contribution in [0.4, 0.5) is 23.2 Å². The third kappa shape index (κ3) is 4.18. The van der Waals surface area contributed by atoms with Crippen molar-refractivity contribution in [2.75, 3.05) is 24.5 Å². The number of nitrogens with zero attached hydrogens (tertiary/aromatic N) is 1. The minimum absolute atomic E-state index is 0.0319. The van der Waals surface area contributed by atoms with E-state index in [-0.39, 0.29) is 12.2 Å². The maximum atomic E-state index is 13.7. The number of rotatable bonds is 5. The van der Waals surface area contributed by atoms with Gasteiger partial charge in [-0.25, -0.2) is 4.39 Å². The van der Waals surface area contributed by atoms with Crippen molar-refractivity contribution in [3.63, 3.8) is 0 Å². The number of anilines is 1. The standard InChI is InChI=1S/C12H16F4N2/c1-2-18(8-12(14,15)16)11-4-3-9(5-6-17)7-10(11)13/h3-4,7H,2,5-6,8,17H2,1H3. The minimum Gasteiger partial charge on any atom is -0.360 e. The van der Waals surface area contributed by atoms with Gasteiger partial charge in [-0.3, -0.25) is 0 Å². The van der Waals surface area contributed by atoms with Crippen LogP contribution in [0, 0.1) is 5.82 Å². The van der Waals surface area contributed by atoms with Gasteiger partial charge in [-0.2, -0.15) is 13.2 Å². The van der Waals surface area contributed by atoms with Crippen molar-refractivity contribution in [2.45, 2.75) is 19.5 Å². The van der Waals surface area contributed by atoms with Crippen LogP contribution in [-0.2, 0) is 6.42 Å². The van der Waals surface area contributed by atoms with Gasteiger partial charge in [0.2, 0.25) is 0 Å². The molecule has 0 spiro atoms. The predicted molar refractivity (Wildman–Crippen MR) is 63.1 cm³/mol. The van der Waals surface area contributed by atoms with E-state index in [1.54, 1.807) is 13.0 Å². The molecule has 1 aromatic rings. The lowest BCUT2D eigenvalue weighted by Crippen LogP contribution is -2.34. The molecule has 0 saturated heterocycles. The Bertz CT molecular complexity index is 390. The number of alkyl halides is 3. The topological polar surface area (TPSA) is 29.3 Å². The zero-order chi connectivity index (χ0) is 13.8. The van der Waals surface area contributed by atoms with Crippen molar-refractivity contribution in [1.29, 1.82) is 0 Å². The Kier molecular flexibility index (Phi) is 4.95. The molecule has 0 fully saturated rings. The second kappa shape index (κ2) is 6.04. The van der Waals surface area contributed by atoms with Crippen molar-refractivity contribution >= 4 is 5.69 Å². The minimum atomic E-state index is -4.35. The van der Waals surface area contributed by atoms with Crippen LogP contribution in [0.5, 0.6) is 0 Å². The molecular formula is C12H16F4N2.